The highest BCUT2D eigenvalue weighted by Crippen LogP contribution is 2.39. The number of amides is 1. The van der Waals surface area contributed by atoms with E-state index in [2.05, 4.69) is 5.32 Å². The van der Waals surface area contributed by atoms with Crippen LogP contribution >= 0.6 is 0 Å². The standard InChI is InChI=1S/C18H22N2O4/c1-22-15-10-13(11-16(23-2)17(15)24-3)20-18(21)14(19)9-12-7-5-4-6-8-12/h4-8,10-11,14H,9,19H2,1-3H3,(H,20,21). The SMILES string of the molecule is COc1cc(NC(=O)C(N)Cc2ccccc2)cc(OC)c1OC. The fourth-order valence-corrected chi connectivity index (χ4v) is 2.35. The number of nitrogens with one attached hydrogen (secondary N) is 1. The minimum Gasteiger partial charge on any atom is -0.493 e. The zero-order valence-electron chi connectivity index (χ0n) is 14.0. The van der Waals surface area contributed by atoms with Crippen molar-refractivity contribution in [2.45, 2.75) is 12.5 Å². The third-order valence-electron chi connectivity index (χ3n) is 3.57. The van der Waals surface area contributed by atoms with Crippen LogP contribution in [0, 0.1) is 0 Å². The maximum absolute atomic E-state index is 12.3. The summed E-state index contributed by atoms with van der Waals surface area (Å²) in [5.74, 6) is 1.10. The molecule has 0 aliphatic rings. The van der Waals surface area contributed by atoms with Gasteiger partial charge in [0.05, 0.1) is 27.4 Å². The lowest BCUT2D eigenvalue weighted by atomic mass is 10.1. The summed E-state index contributed by atoms with van der Waals surface area (Å²) >= 11 is 0. The van der Waals surface area contributed by atoms with Crippen molar-refractivity contribution in [2.24, 2.45) is 5.73 Å². The number of nitrogens with two attached hydrogens (primary N) is 1. The smallest absolute Gasteiger partial charge is 0.241 e. The van der Waals surface area contributed by atoms with E-state index in [4.69, 9.17) is 19.9 Å². The number of carbonyl (C=O) groups excluding carboxylic acids is 1. The van der Waals surface area contributed by atoms with E-state index in [0.717, 1.165) is 5.56 Å². The average Bonchev–Trinajstić information content (AvgIpc) is 2.61. The molecule has 0 aliphatic carbocycles. The first kappa shape index (κ1) is 17.6. The monoisotopic (exact) mass is 330 g/mol. The minimum atomic E-state index is -0.661. The molecule has 1 amide bonds. The van der Waals surface area contributed by atoms with Gasteiger partial charge in [-0.3, -0.25) is 4.79 Å². The van der Waals surface area contributed by atoms with Crippen molar-refractivity contribution < 1.29 is 19.0 Å². The molecule has 0 saturated carbocycles. The van der Waals surface area contributed by atoms with Crippen LogP contribution in [0.2, 0.25) is 0 Å². The van der Waals surface area contributed by atoms with Crippen LogP contribution in [0.15, 0.2) is 42.5 Å². The van der Waals surface area contributed by atoms with Gasteiger partial charge in [0.2, 0.25) is 11.7 Å². The van der Waals surface area contributed by atoms with Crippen LogP contribution < -0.4 is 25.3 Å². The van der Waals surface area contributed by atoms with Crippen LogP contribution in [-0.4, -0.2) is 33.3 Å². The van der Waals surface area contributed by atoms with Crippen LogP contribution in [0.5, 0.6) is 17.2 Å². The van der Waals surface area contributed by atoms with E-state index in [-0.39, 0.29) is 5.91 Å². The van der Waals surface area contributed by atoms with Gasteiger partial charge in [0, 0.05) is 17.8 Å². The first-order valence-electron chi connectivity index (χ1n) is 7.49. The molecule has 6 heteroatoms. The fraction of sp³-hybridized carbons (Fsp3) is 0.278. The average molecular weight is 330 g/mol. The lowest BCUT2D eigenvalue weighted by Crippen LogP contribution is -2.37. The highest BCUT2D eigenvalue weighted by Gasteiger charge is 2.18. The molecule has 2 rings (SSSR count). The van der Waals surface area contributed by atoms with Crippen molar-refractivity contribution in [1.29, 1.82) is 0 Å². The summed E-state index contributed by atoms with van der Waals surface area (Å²) in [4.78, 5) is 12.3. The van der Waals surface area contributed by atoms with Gasteiger partial charge in [-0.25, -0.2) is 0 Å². The summed E-state index contributed by atoms with van der Waals surface area (Å²) in [5, 5.41) is 2.78. The number of anilines is 1. The van der Waals surface area contributed by atoms with Crippen molar-refractivity contribution in [1.82, 2.24) is 0 Å². The Bertz CT molecular complexity index is 664. The van der Waals surface area contributed by atoms with Crippen LogP contribution in [0.3, 0.4) is 0 Å². The van der Waals surface area contributed by atoms with Crippen molar-refractivity contribution >= 4 is 11.6 Å². The number of benzene rings is 2. The molecule has 0 radical (unpaired) electrons. The molecule has 2 aromatic carbocycles. The predicted octanol–water partition coefficient (Wildman–Crippen LogP) is 2.22. The van der Waals surface area contributed by atoms with Crippen molar-refractivity contribution in [2.75, 3.05) is 26.6 Å². The van der Waals surface area contributed by atoms with Crippen molar-refractivity contribution in [3.63, 3.8) is 0 Å². The molecule has 0 bridgehead atoms. The Morgan fingerprint density at radius 1 is 1.04 bits per heavy atom. The molecule has 0 heterocycles. The number of rotatable bonds is 7. The van der Waals surface area contributed by atoms with E-state index in [1.165, 1.54) is 21.3 Å². The Morgan fingerprint density at radius 2 is 1.62 bits per heavy atom. The molecular formula is C18H22N2O4. The van der Waals surface area contributed by atoms with E-state index < -0.39 is 6.04 Å². The van der Waals surface area contributed by atoms with Crippen molar-refractivity contribution in [3.05, 3.63) is 48.0 Å². The van der Waals surface area contributed by atoms with E-state index in [9.17, 15) is 4.79 Å². The van der Waals surface area contributed by atoms with Gasteiger partial charge in [-0.15, -0.1) is 0 Å². The Hall–Kier alpha value is -2.73. The first-order chi connectivity index (χ1) is 11.6. The molecule has 1 atom stereocenters. The first-order valence-corrected chi connectivity index (χ1v) is 7.49. The van der Waals surface area contributed by atoms with E-state index in [1.807, 2.05) is 30.3 Å². The van der Waals surface area contributed by atoms with Gasteiger partial charge < -0.3 is 25.3 Å². The second-order valence-corrected chi connectivity index (χ2v) is 5.20. The molecule has 0 saturated heterocycles. The number of ether oxygens (including phenoxy) is 3. The van der Waals surface area contributed by atoms with Crippen LogP contribution in [-0.2, 0) is 11.2 Å². The van der Waals surface area contributed by atoms with Gasteiger partial charge in [0.1, 0.15) is 0 Å². The number of hydrogen-bond donors (Lipinski definition) is 2. The van der Waals surface area contributed by atoms with Gasteiger partial charge in [-0.1, -0.05) is 30.3 Å². The summed E-state index contributed by atoms with van der Waals surface area (Å²) in [6.07, 6.45) is 0.455. The van der Waals surface area contributed by atoms with Crippen LogP contribution in [0.25, 0.3) is 0 Å². The summed E-state index contributed by atoms with van der Waals surface area (Å²) < 4.78 is 15.8. The van der Waals surface area contributed by atoms with Crippen LogP contribution in [0.1, 0.15) is 5.56 Å². The molecule has 0 aromatic heterocycles. The second-order valence-electron chi connectivity index (χ2n) is 5.20. The van der Waals surface area contributed by atoms with Gasteiger partial charge in [0.25, 0.3) is 0 Å². The summed E-state index contributed by atoms with van der Waals surface area (Å²) in [5.41, 5.74) is 7.53. The van der Waals surface area contributed by atoms with Gasteiger partial charge >= 0.3 is 0 Å². The molecule has 1 unspecified atom stereocenters. The minimum absolute atomic E-state index is 0.284. The second kappa shape index (κ2) is 8.21. The summed E-state index contributed by atoms with van der Waals surface area (Å²) in [6.45, 7) is 0. The maximum Gasteiger partial charge on any atom is 0.241 e. The van der Waals surface area contributed by atoms with E-state index in [0.29, 0.717) is 29.4 Å². The third kappa shape index (κ3) is 4.17. The summed E-state index contributed by atoms with van der Waals surface area (Å²) in [6, 6.07) is 12.3. The normalized spacial score (nSPS) is 11.5. The largest absolute Gasteiger partial charge is 0.493 e. The predicted molar refractivity (Wildman–Crippen MR) is 92.8 cm³/mol. The van der Waals surface area contributed by atoms with Crippen molar-refractivity contribution in [3.8, 4) is 17.2 Å². The number of hydrogen-bond acceptors (Lipinski definition) is 5. The Kier molecular flexibility index (Phi) is 6.03. The molecule has 0 fully saturated rings. The number of methoxy groups -OCH3 is 3. The highest BCUT2D eigenvalue weighted by molar-refractivity contribution is 5.95. The molecular weight excluding hydrogens is 308 g/mol. The molecule has 3 N–H and O–H groups in total. The van der Waals surface area contributed by atoms with Crippen LogP contribution in [0.4, 0.5) is 5.69 Å². The quantitative estimate of drug-likeness (QED) is 0.813. The van der Waals surface area contributed by atoms with E-state index in [1.54, 1.807) is 12.1 Å². The van der Waals surface area contributed by atoms with Gasteiger partial charge in [-0.2, -0.15) is 0 Å². The zero-order chi connectivity index (χ0) is 17.5. The molecule has 128 valence electrons. The topological polar surface area (TPSA) is 82.8 Å². The van der Waals surface area contributed by atoms with E-state index >= 15 is 0 Å². The molecule has 2 aromatic rings. The molecule has 24 heavy (non-hydrogen) atoms. The molecule has 0 spiro atoms. The molecule has 0 aliphatic heterocycles. The summed E-state index contributed by atoms with van der Waals surface area (Å²) in [7, 11) is 4.56. The maximum atomic E-state index is 12.3. The zero-order valence-corrected chi connectivity index (χ0v) is 14.0. The highest BCUT2D eigenvalue weighted by atomic mass is 16.5. The van der Waals surface area contributed by atoms with Gasteiger partial charge in [-0.05, 0) is 12.0 Å². The lowest BCUT2D eigenvalue weighted by Gasteiger charge is -2.16. The lowest BCUT2D eigenvalue weighted by molar-refractivity contribution is -0.117. The fourth-order valence-electron chi connectivity index (χ4n) is 2.35. The Morgan fingerprint density at radius 3 is 2.12 bits per heavy atom. The Labute approximate surface area is 141 Å². The van der Waals surface area contributed by atoms with Gasteiger partial charge in [0.15, 0.2) is 11.5 Å². The third-order valence-corrected chi connectivity index (χ3v) is 3.57. The number of carbonyl (C=O) groups is 1. The Balaban J connectivity index is 2.13. The molecule has 6 nitrogen and oxygen atoms in total.